The quantitative estimate of drug-likeness (QED) is 0.0376. The Morgan fingerprint density at radius 1 is 0.179 bits per heavy atom. The van der Waals surface area contributed by atoms with Crippen molar-refractivity contribution in [2.24, 2.45) is 0 Å². The SMILES string of the molecule is CCCCCCCCCc1ccc(-c2ccc3c(c2)C(O)(c2ccccc2-c2ccc(-c4ccccc4C4(O)c5cc(-c6ccc(CCCCCCCCC)cc6)ccc5-c5ccc(-c6ccc(CCCCCCCCC)cc6)cc54)cc2)c2cc(-c4ccc(CCCCCCCCC)cc4)ccc2-3)cc1. The molecule has 0 aliphatic heterocycles. The third kappa shape index (κ3) is 17.6. The second-order valence-corrected chi connectivity index (χ2v) is 31.4. The molecule has 2 aliphatic rings. The van der Waals surface area contributed by atoms with Gasteiger partial charge in [0, 0.05) is 33.4 Å². The molecule has 0 spiro atoms. The van der Waals surface area contributed by atoms with Gasteiger partial charge in [0.25, 0.3) is 0 Å². The predicted molar refractivity (Wildman–Crippen MR) is 454 cm³/mol. The lowest BCUT2D eigenvalue weighted by Gasteiger charge is -2.30. The first-order valence-corrected chi connectivity index (χ1v) is 41.9. The molecule has 2 aliphatic carbocycles. The molecule has 0 atom stereocenters. The molecule has 0 saturated carbocycles. The van der Waals surface area contributed by atoms with Crippen LogP contribution in [0.4, 0.5) is 0 Å². The number of unbranched alkanes of at least 4 members (excludes halogenated alkanes) is 24. The molecule has 106 heavy (non-hydrogen) atoms. The van der Waals surface area contributed by atoms with E-state index in [9.17, 15) is 10.2 Å². The monoisotopic (exact) mass is 1400 g/mol. The maximum Gasteiger partial charge on any atom is 0.142 e. The Kier molecular flexibility index (Phi) is 26.6. The van der Waals surface area contributed by atoms with Crippen molar-refractivity contribution in [3.8, 4) is 89.0 Å². The van der Waals surface area contributed by atoms with E-state index in [2.05, 4.69) is 270 Å². The zero-order valence-corrected chi connectivity index (χ0v) is 64.6. The molecule has 0 fully saturated rings. The van der Waals surface area contributed by atoms with Crippen LogP contribution in [-0.4, -0.2) is 10.2 Å². The van der Waals surface area contributed by atoms with E-state index >= 15 is 0 Å². The molecule has 2 N–H and O–H groups in total. The molecule has 0 aromatic heterocycles. The van der Waals surface area contributed by atoms with Crippen LogP contribution in [0.2, 0.25) is 0 Å². The summed E-state index contributed by atoms with van der Waals surface area (Å²) in [6, 6.07) is 89.9. The van der Waals surface area contributed by atoms with Crippen molar-refractivity contribution in [3.63, 3.8) is 0 Å². The van der Waals surface area contributed by atoms with Crippen LogP contribution in [0.1, 0.15) is 263 Å². The van der Waals surface area contributed by atoms with E-state index < -0.39 is 11.2 Å². The van der Waals surface area contributed by atoms with Crippen LogP contribution in [0, 0.1) is 0 Å². The van der Waals surface area contributed by atoms with Gasteiger partial charge in [-0.2, -0.15) is 0 Å². The number of fused-ring (bicyclic) bond motifs is 6. The fourth-order valence-electron chi connectivity index (χ4n) is 17.4. The molecule has 0 saturated heterocycles. The van der Waals surface area contributed by atoms with Crippen molar-refractivity contribution in [1.29, 1.82) is 0 Å². The van der Waals surface area contributed by atoms with Crippen LogP contribution in [0.15, 0.2) is 243 Å². The molecule has 0 radical (unpaired) electrons. The first-order chi connectivity index (χ1) is 52.2. The topological polar surface area (TPSA) is 40.5 Å². The number of rotatable bonds is 40. The van der Waals surface area contributed by atoms with Gasteiger partial charge in [-0.05, 0) is 187 Å². The molecular formula is C104H118O2. The number of aryl methyl sites for hydroxylation is 4. The van der Waals surface area contributed by atoms with Crippen LogP contribution in [0.3, 0.4) is 0 Å². The van der Waals surface area contributed by atoms with E-state index in [1.54, 1.807) is 0 Å². The van der Waals surface area contributed by atoms with Crippen molar-refractivity contribution < 1.29 is 10.2 Å². The Hall–Kier alpha value is -8.66. The first kappa shape index (κ1) is 75.6. The minimum absolute atomic E-state index is 0.846. The standard InChI is InChI=1S/C104H118O2/c1-5-9-13-17-21-25-29-37-77-45-53-81(54-46-77)87-65-69-93-94-70-66-88(82-55-47-78(48-56-82)38-30-26-22-18-14-10-6-2)74-100(94)103(105,99(93)73-87)97-43-35-33-41-91(97)85-61-63-86(64-62-85)92-42-34-36-44-98(92)104(106)101-75-89(83-57-49-79(50-58-83)39-31-27-23-19-15-11-7-3)67-71-95(101)96-72-68-90(76-102(96)104)84-59-51-80(52-60-84)40-32-28-24-20-16-12-8-4/h33-36,41-76,105-106H,5-32,37-40H2,1-4H3. The van der Waals surface area contributed by atoms with Gasteiger partial charge in [0.1, 0.15) is 11.2 Å². The molecule has 0 bridgehead atoms. The van der Waals surface area contributed by atoms with Crippen LogP contribution in [-0.2, 0) is 36.9 Å². The van der Waals surface area contributed by atoms with E-state index in [1.165, 1.54) is 202 Å². The van der Waals surface area contributed by atoms with E-state index in [0.717, 1.165) is 148 Å². The molecule has 2 nitrogen and oxygen atoms in total. The molecule has 0 heterocycles. The molecule has 11 aromatic carbocycles. The number of hydrogen-bond acceptors (Lipinski definition) is 2. The Balaban J connectivity index is 0.833. The van der Waals surface area contributed by atoms with Gasteiger partial charge in [0.15, 0.2) is 0 Å². The van der Waals surface area contributed by atoms with Crippen molar-refractivity contribution in [1.82, 2.24) is 0 Å². The Labute approximate surface area is 637 Å². The maximum absolute atomic E-state index is 14.4. The van der Waals surface area contributed by atoms with Gasteiger partial charge in [0.05, 0.1) is 0 Å². The summed E-state index contributed by atoms with van der Waals surface area (Å²) < 4.78 is 0. The highest BCUT2D eigenvalue weighted by Gasteiger charge is 2.47. The average Bonchev–Trinajstić information content (AvgIpc) is 1.56. The summed E-state index contributed by atoms with van der Waals surface area (Å²) in [5.41, 5.74) is 25.0. The number of benzene rings is 11. The predicted octanol–water partition coefficient (Wildman–Crippen LogP) is 29.4. The summed E-state index contributed by atoms with van der Waals surface area (Å²) in [6.45, 7) is 9.15. The highest BCUT2D eigenvalue weighted by molar-refractivity contribution is 5.91. The van der Waals surface area contributed by atoms with Gasteiger partial charge in [-0.15, -0.1) is 0 Å². The van der Waals surface area contributed by atoms with Crippen LogP contribution < -0.4 is 0 Å². The molecule has 11 aromatic rings. The maximum atomic E-state index is 14.4. The zero-order valence-electron chi connectivity index (χ0n) is 64.6. The summed E-state index contributed by atoms with van der Waals surface area (Å²) in [7, 11) is 0. The molecular weight excluding hydrogens is 1280 g/mol. The van der Waals surface area contributed by atoms with Crippen molar-refractivity contribution >= 4 is 0 Å². The lowest BCUT2D eigenvalue weighted by molar-refractivity contribution is 0.131. The minimum Gasteiger partial charge on any atom is -0.376 e. The van der Waals surface area contributed by atoms with Gasteiger partial charge >= 0.3 is 0 Å². The van der Waals surface area contributed by atoms with Crippen LogP contribution in [0.5, 0.6) is 0 Å². The Morgan fingerprint density at radius 2 is 0.377 bits per heavy atom. The number of aliphatic hydroxyl groups is 2. The highest BCUT2D eigenvalue weighted by Crippen LogP contribution is 2.57. The summed E-state index contributed by atoms with van der Waals surface area (Å²) in [4.78, 5) is 0. The molecule has 546 valence electrons. The average molecular weight is 1400 g/mol. The lowest BCUT2D eigenvalue weighted by atomic mass is 9.78. The van der Waals surface area contributed by atoms with E-state index in [0.29, 0.717) is 0 Å². The molecule has 0 unspecified atom stereocenters. The summed E-state index contributed by atoms with van der Waals surface area (Å²) in [5.74, 6) is 0. The molecule has 2 heteroatoms. The third-order valence-corrected chi connectivity index (χ3v) is 23.8. The van der Waals surface area contributed by atoms with Crippen molar-refractivity contribution in [3.05, 3.63) is 298 Å². The third-order valence-electron chi connectivity index (χ3n) is 23.8. The summed E-state index contributed by atoms with van der Waals surface area (Å²) in [6.07, 6.45) is 40.9. The second kappa shape index (κ2) is 37.2. The van der Waals surface area contributed by atoms with Gasteiger partial charge in [-0.1, -0.05) is 400 Å². The van der Waals surface area contributed by atoms with E-state index in [1.807, 2.05) is 0 Å². The van der Waals surface area contributed by atoms with Gasteiger partial charge in [0.2, 0.25) is 0 Å². The number of hydrogen-bond donors (Lipinski definition) is 2. The fraction of sp³-hybridized carbons (Fsp3) is 0.365. The summed E-state index contributed by atoms with van der Waals surface area (Å²) >= 11 is 0. The van der Waals surface area contributed by atoms with E-state index in [4.69, 9.17) is 0 Å². The first-order valence-electron chi connectivity index (χ1n) is 41.9. The van der Waals surface area contributed by atoms with Gasteiger partial charge in [-0.3, -0.25) is 0 Å². The van der Waals surface area contributed by atoms with Gasteiger partial charge < -0.3 is 10.2 Å². The largest absolute Gasteiger partial charge is 0.376 e. The Bertz CT molecular complexity index is 4070. The normalized spacial score (nSPS) is 13.0. The van der Waals surface area contributed by atoms with Crippen molar-refractivity contribution in [2.75, 3.05) is 0 Å². The van der Waals surface area contributed by atoms with E-state index in [-0.39, 0.29) is 0 Å². The zero-order chi connectivity index (χ0) is 72.9. The van der Waals surface area contributed by atoms with Gasteiger partial charge in [-0.25, -0.2) is 0 Å². The summed E-state index contributed by atoms with van der Waals surface area (Å²) in [5, 5.41) is 28.8. The fourth-order valence-corrected chi connectivity index (χ4v) is 17.4. The smallest absolute Gasteiger partial charge is 0.142 e. The molecule has 13 rings (SSSR count). The Morgan fingerprint density at radius 3 is 0.613 bits per heavy atom. The van der Waals surface area contributed by atoms with Crippen molar-refractivity contribution in [2.45, 2.75) is 244 Å². The minimum atomic E-state index is -1.50. The van der Waals surface area contributed by atoms with Crippen LogP contribution in [0.25, 0.3) is 89.0 Å². The van der Waals surface area contributed by atoms with Crippen LogP contribution >= 0.6 is 0 Å². The highest BCUT2D eigenvalue weighted by atomic mass is 16.3. The lowest BCUT2D eigenvalue weighted by Crippen LogP contribution is -2.27. The second-order valence-electron chi connectivity index (χ2n) is 31.4. The molecule has 0 amide bonds.